The van der Waals surface area contributed by atoms with Crippen LogP contribution >= 0.6 is 0 Å². The number of nitro groups is 1. The van der Waals surface area contributed by atoms with E-state index in [1.54, 1.807) is 25.1 Å². The smallest absolute Gasteiger partial charge is 0.274 e. The lowest BCUT2D eigenvalue weighted by Crippen LogP contribution is -2.34. The third-order valence-electron chi connectivity index (χ3n) is 4.74. The quantitative estimate of drug-likeness (QED) is 0.449. The highest BCUT2D eigenvalue weighted by molar-refractivity contribution is 5.92. The average Bonchev–Trinajstić information content (AvgIpc) is 2.67. The molecule has 0 aromatic heterocycles. The lowest BCUT2D eigenvalue weighted by molar-refractivity contribution is -0.385. The maximum absolute atomic E-state index is 13.1. The van der Waals surface area contributed by atoms with Gasteiger partial charge in [-0.15, -0.1) is 0 Å². The lowest BCUT2D eigenvalue weighted by atomic mass is 10.1. The zero-order valence-electron chi connectivity index (χ0n) is 17.5. The molecule has 0 heterocycles. The van der Waals surface area contributed by atoms with Gasteiger partial charge in [0, 0.05) is 32.1 Å². The van der Waals surface area contributed by atoms with Crippen LogP contribution in [0.25, 0.3) is 0 Å². The normalized spacial score (nSPS) is 12.2. The number of carbonyl (C=O) groups excluding carboxylic acids is 1. The molecule has 0 radical (unpaired) electrons. The Morgan fingerprint density at radius 2 is 1.87 bits per heavy atom. The van der Waals surface area contributed by atoms with Gasteiger partial charge in [0.1, 0.15) is 5.82 Å². The summed E-state index contributed by atoms with van der Waals surface area (Å²) >= 11 is 0. The lowest BCUT2D eigenvalue weighted by Gasteiger charge is -2.26. The molecule has 1 amide bonds. The van der Waals surface area contributed by atoms with Crippen molar-refractivity contribution in [1.29, 1.82) is 0 Å². The van der Waals surface area contributed by atoms with Crippen LogP contribution in [0, 0.1) is 28.8 Å². The van der Waals surface area contributed by atoms with Crippen molar-refractivity contribution in [3.05, 3.63) is 69.5 Å². The minimum absolute atomic E-state index is 0.0448. The summed E-state index contributed by atoms with van der Waals surface area (Å²) in [7, 11) is 0. The Bertz CT molecular complexity index is 871. The van der Waals surface area contributed by atoms with Gasteiger partial charge in [0.25, 0.3) is 5.69 Å². The largest absolute Gasteiger partial charge is 0.387 e. The van der Waals surface area contributed by atoms with Crippen LogP contribution in [0.3, 0.4) is 0 Å². The number of hydrogen-bond donors (Lipinski definition) is 2. The van der Waals surface area contributed by atoms with E-state index in [0.717, 1.165) is 0 Å². The molecule has 0 aliphatic heterocycles. The molecule has 0 spiro atoms. The average molecular weight is 417 g/mol. The summed E-state index contributed by atoms with van der Waals surface area (Å²) in [6, 6.07) is 10.3. The Labute approximate surface area is 175 Å². The second-order valence-corrected chi connectivity index (χ2v) is 7.73. The van der Waals surface area contributed by atoms with E-state index in [0.29, 0.717) is 42.4 Å². The molecule has 2 rings (SSSR count). The molecule has 2 aromatic rings. The van der Waals surface area contributed by atoms with Crippen molar-refractivity contribution >= 4 is 17.3 Å². The minimum Gasteiger partial charge on any atom is -0.387 e. The molecular weight excluding hydrogens is 389 g/mol. The second-order valence-electron chi connectivity index (χ2n) is 7.73. The van der Waals surface area contributed by atoms with Crippen molar-refractivity contribution in [2.24, 2.45) is 5.92 Å². The van der Waals surface area contributed by atoms with E-state index in [4.69, 9.17) is 0 Å². The van der Waals surface area contributed by atoms with Crippen LogP contribution in [-0.2, 0) is 4.79 Å². The number of nitro benzene ring substituents is 1. The second kappa shape index (κ2) is 10.8. The maximum Gasteiger partial charge on any atom is 0.274 e. The van der Waals surface area contributed by atoms with Crippen molar-refractivity contribution in [1.82, 2.24) is 4.90 Å². The summed E-state index contributed by atoms with van der Waals surface area (Å²) in [5.74, 6) is -0.297. The number of nitrogens with zero attached hydrogens (tertiary/aromatic N) is 2. The number of aliphatic hydroxyl groups excluding tert-OH is 1. The first kappa shape index (κ1) is 23.4. The fraction of sp³-hybridized carbons (Fsp3) is 0.409. The predicted octanol–water partition coefficient (Wildman–Crippen LogP) is 4.06. The topological polar surface area (TPSA) is 95.7 Å². The van der Waals surface area contributed by atoms with E-state index in [9.17, 15) is 24.4 Å². The van der Waals surface area contributed by atoms with E-state index in [2.05, 4.69) is 5.32 Å². The zero-order valence-corrected chi connectivity index (χ0v) is 17.5. The fourth-order valence-electron chi connectivity index (χ4n) is 3.24. The van der Waals surface area contributed by atoms with Gasteiger partial charge in [0.2, 0.25) is 5.91 Å². The summed E-state index contributed by atoms with van der Waals surface area (Å²) in [6.45, 7) is 7.09. The van der Waals surface area contributed by atoms with Crippen molar-refractivity contribution in [3.8, 4) is 0 Å². The van der Waals surface area contributed by atoms with Crippen LogP contribution in [0.5, 0.6) is 0 Å². The van der Waals surface area contributed by atoms with E-state index < -0.39 is 11.0 Å². The molecular formula is C22H28FN3O4. The molecule has 1 atom stereocenters. The summed E-state index contributed by atoms with van der Waals surface area (Å²) in [6.07, 6.45) is -0.628. The van der Waals surface area contributed by atoms with Crippen LogP contribution in [0.1, 0.15) is 37.5 Å². The van der Waals surface area contributed by atoms with Gasteiger partial charge < -0.3 is 10.4 Å². The number of carbonyl (C=O) groups is 1. The van der Waals surface area contributed by atoms with Crippen molar-refractivity contribution in [2.45, 2.75) is 33.3 Å². The number of aliphatic hydroxyl groups is 1. The first-order valence-corrected chi connectivity index (χ1v) is 9.87. The summed E-state index contributed by atoms with van der Waals surface area (Å²) in [4.78, 5) is 25.0. The molecule has 162 valence electrons. The number of hydrogen-bond acceptors (Lipinski definition) is 5. The molecule has 1 unspecified atom stereocenters. The highest BCUT2D eigenvalue weighted by Crippen LogP contribution is 2.25. The number of nitrogens with one attached hydrogen (secondary N) is 1. The molecule has 0 fully saturated rings. The maximum atomic E-state index is 13.1. The van der Waals surface area contributed by atoms with Crippen LogP contribution in [0.15, 0.2) is 42.5 Å². The standard InChI is InChI=1S/C22H28FN3O4/c1-15(2)13-25(14-21(27)17-7-9-18(23)10-8-17)12-11-22(28)24-19-5-4-6-20(16(19)3)26(29)30/h4-10,15,21,27H,11-14H2,1-3H3,(H,24,28). The third kappa shape index (κ3) is 6.89. The van der Waals surface area contributed by atoms with Crippen LogP contribution in [0.2, 0.25) is 0 Å². The Hall–Kier alpha value is -2.84. The van der Waals surface area contributed by atoms with Crippen molar-refractivity contribution in [3.63, 3.8) is 0 Å². The highest BCUT2D eigenvalue weighted by Gasteiger charge is 2.18. The predicted molar refractivity (Wildman–Crippen MR) is 114 cm³/mol. The Morgan fingerprint density at radius 1 is 1.20 bits per heavy atom. The molecule has 2 N–H and O–H groups in total. The number of benzene rings is 2. The Balaban J connectivity index is 1.98. The fourth-order valence-corrected chi connectivity index (χ4v) is 3.24. The molecule has 7 nitrogen and oxygen atoms in total. The summed E-state index contributed by atoms with van der Waals surface area (Å²) in [5.41, 5.74) is 1.39. The Kier molecular flexibility index (Phi) is 8.44. The molecule has 8 heteroatoms. The van der Waals surface area contributed by atoms with Crippen LogP contribution < -0.4 is 5.32 Å². The van der Waals surface area contributed by atoms with Gasteiger partial charge in [-0.25, -0.2) is 4.39 Å². The van der Waals surface area contributed by atoms with E-state index in [1.807, 2.05) is 18.7 Å². The van der Waals surface area contributed by atoms with Gasteiger partial charge in [-0.1, -0.05) is 32.0 Å². The first-order valence-electron chi connectivity index (χ1n) is 9.87. The molecule has 0 bridgehead atoms. The number of anilines is 1. The summed E-state index contributed by atoms with van der Waals surface area (Å²) in [5, 5.41) is 24.3. The van der Waals surface area contributed by atoms with Gasteiger partial charge in [-0.3, -0.25) is 19.8 Å². The van der Waals surface area contributed by atoms with Gasteiger partial charge in [-0.2, -0.15) is 0 Å². The Morgan fingerprint density at radius 3 is 2.47 bits per heavy atom. The monoisotopic (exact) mass is 417 g/mol. The first-order chi connectivity index (χ1) is 14.2. The van der Waals surface area contributed by atoms with Gasteiger partial charge in [-0.05, 0) is 36.6 Å². The molecule has 0 aliphatic rings. The molecule has 0 saturated heterocycles. The molecule has 2 aromatic carbocycles. The molecule has 0 saturated carbocycles. The summed E-state index contributed by atoms with van der Waals surface area (Å²) < 4.78 is 13.1. The van der Waals surface area contributed by atoms with Crippen molar-refractivity contribution < 1.29 is 19.2 Å². The highest BCUT2D eigenvalue weighted by atomic mass is 19.1. The van der Waals surface area contributed by atoms with Gasteiger partial charge >= 0.3 is 0 Å². The van der Waals surface area contributed by atoms with E-state index in [1.165, 1.54) is 24.3 Å². The van der Waals surface area contributed by atoms with Gasteiger partial charge in [0.15, 0.2) is 0 Å². The van der Waals surface area contributed by atoms with Crippen LogP contribution in [-0.4, -0.2) is 40.5 Å². The number of amides is 1. The SMILES string of the molecule is Cc1c(NC(=O)CCN(CC(C)C)CC(O)c2ccc(F)cc2)cccc1[N+](=O)[O-]. The number of rotatable bonds is 10. The van der Waals surface area contributed by atoms with Crippen LogP contribution in [0.4, 0.5) is 15.8 Å². The van der Waals surface area contributed by atoms with E-state index in [-0.39, 0.29) is 23.8 Å². The molecule has 30 heavy (non-hydrogen) atoms. The van der Waals surface area contributed by atoms with Crippen molar-refractivity contribution in [2.75, 3.05) is 25.0 Å². The number of halogens is 1. The van der Waals surface area contributed by atoms with E-state index >= 15 is 0 Å². The third-order valence-corrected chi connectivity index (χ3v) is 4.74. The van der Waals surface area contributed by atoms with Gasteiger partial charge in [0.05, 0.1) is 22.3 Å². The zero-order chi connectivity index (χ0) is 22.3. The molecule has 0 aliphatic carbocycles. The minimum atomic E-state index is -0.800.